The van der Waals surface area contributed by atoms with E-state index in [0.717, 1.165) is 24.9 Å². The molecule has 0 bridgehead atoms. The monoisotopic (exact) mass is 393 g/mol. The van der Waals surface area contributed by atoms with Crippen molar-refractivity contribution in [2.24, 2.45) is 0 Å². The number of nitrogens with one attached hydrogen (secondary N) is 3. The van der Waals surface area contributed by atoms with Crippen molar-refractivity contribution in [2.45, 2.75) is 43.7 Å². The molecule has 2 aliphatic rings. The van der Waals surface area contributed by atoms with Gasteiger partial charge in [-0.15, -0.1) is 0 Å². The molecule has 1 aromatic carbocycles. The second-order valence-electron chi connectivity index (χ2n) is 7.97. The van der Waals surface area contributed by atoms with Gasteiger partial charge in [0.1, 0.15) is 11.5 Å². The summed E-state index contributed by atoms with van der Waals surface area (Å²) < 4.78 is 5.67. The second kappa shape index (κ2) is 7.04. The van der Waals surface area contributed by atoms with Crippen LogP contribution in [0.1, 0.15) is 32.1 Å². The molecule has 1 unspecified atom stereocenters. The predicted molar refractivity (Wildman–Crippen MR) is 108 cm³/mol. The third-order valence-electron chi connectivity index (χ3n) is 6.01. The second-order valence-corrected chi connectivity index (χ2v) is 7.97. The summed E-state index contributed by atoms with van der Waals surface area (Å²) in [4.78, 5) is 17.2. The number of aromatic nitrogens is 3. The van der Waals surface area contributed by atoms with Crippen LogP contribution in [0.4, 0.5) is 4.79 Å². The molecule has 3 aromatic rings. The van der Waals surface area contributed by atoms with E-state index in [1.807, 2.05) is 0 Å². The number of nitrogens with zero attached hydrogens (tertiary/aromatic N) is 2. The number of carbonyl (C=O) groups is 1. The van der Waals surface area contributed by atoms with Crippen molar-refractivity contribution in [3.63, 3.8) is 0 Å². The SMILES string of the molecule is O=C(NC1CCNC2(CCC2)C1)Oc1cc(-c2ccc(O)cc2)nc2[nH]ncc12. The zero-order valence-corrected chi connectivity index (χ0v) is 15.9. The molecule has 1 aliphatic heterocycles. The molecular formula is C21H23N5O3. The number of rotatable bonds is 3. The minimum absolute atomic E-state index is 0.113. The Morgan fingerprint density at radius 1 is 1.28 bits per heavy atom. The number of benzene rings is 1. The van der Waals surface area contributed by atoms with E-state index in [1.54, 1.807) is 36.5 Å². The number of pyridine rings is 1. The molecule has 4 N–H and O–H groups in total. The molecule has 8 nitrogen and oxygen atoms in total. The van der Waals surface area contributed by atoms with Gasteiger partial charge in [0, 0.05) is 23.2 Å². The standard InChI is InChI=1S/C21H23N5O3/c27-15-4-2-13(3-5-15)17-10-18(16-12-23-26-19(16)25-17)29-20(28)24-14-6-9-22-21(11-14)7-1-8-21/h2-5,10,12,14,22,27H,1,6-9,11H2,(H,24,28)(H,23,25,26). The van der Waals surface area contributed by atoms with Crippen LogP contribution in [0.3, 0.4) is 0 Å². The lowest BCUT2D eigenvalue weighted by Gasteiger charge is -2.48. The van der Waals surface area contributed by atoms with E-state index >= 15 is 0 Å². The van der Waals surface area contributed by atoms with Crippen LogP contribution in [0.25, 0.3) is 22.3 Å². The highest BCUT2D eigenvalue weighted by Crippen LogP contribution is 2.38. The van der Waals surface area contributed by atoms with Crippen molar-refractivity contribution >= 4 is 17.1 Å². The molecule has 2 fully saturated rings. The van der Waals surface area contributed by atoms with Gasteiger partial charge in [0.2, 0.25) is 0 Å². The lowest BCUT2D eigenvalue weighted by atomic mass is 9.70. The van der Waals surface area contributed by atoms with Gasteiger partial charge in [0.05, 0.1) is 17.3 Å². The Bertz CT molecular complexity index is 1040. The molecule has 8 heteroatoms. The first kappa shape index (κ1) is 17.9. The number of aromatic hydroxyl groups is 1. The molecule has 1 saturated heterocycles. The first-order chi connectivity index (χ1) is 14.1. The Labute approximate surface area is 167 Å². The van der Waals surface area contributed by atoms with Crippen molar-refractivity contribution in [3.05, 3.63) is 36.5 Å². The summed E-state index contributed by atoms with van der Waals surface area (Å²) in [6, 6.07) is 8.54. The van der Waals surface area contributed by atoms with Crippen LogP contribution in [-0.4, -0.2) is 44.5 Å². The van der Waals surface area contributed by atoms with Crippen molar-refractivity contribution in [2.75, 3.05) is 6.54 Å². The van der Waals surface area contributed by atoms with Crippen molar-refractivity contribution in [1.29, 1.82) is 0 Å². The number of hydrogen-bond donors (Lipinski definition) is 4. The molecule has 3 heterocycles. The van der Waals surface area contributed by atoms with E-state index in [1.165, 1.54) is 19.3 Å². The lowest BCUT2D eigenvalue weighted by Crippen LogP contribution is -2.59. The maximum absolute atomic E-state index is 12.6. The van der Waals surface area contributed by atoms with Crippen LogP contribution in [0, 0.1) is 0 Å². The van der Waals surface area contributed by atoms with Gasteiger partial charge in [0.15, 0.2) is 5.65 Å². The van der Waals surface area contributed by atoms with Crippen LogP contribution in [0.2, 0.25) is 0 Å². The number of phenolic OH excluding ortho intramolecular Hbond substituents is 1. The topological polar surface area (TPSA) is 112 Å². The van der Waals surface area contributed by atoms with Gasteiger partial charge < -0.3 is 20.5 Å². The summed E-state index contributed by atoms with van der Waals surface area (Å²) in [7, 11) is 0. The van der Waals surface area contributed by atoms with E-state index in [0.29, 0.717) is 22.5 Å². The van der Waals surface area contributed by atoms with Gasteiger partial charge in [-0.2, -0.15) is 5.10 Å². The van der Waals surface area contributed by atoms with E-state index in [2.05, 4.69) is 25.8 Å². The Hall–Kier alpha value is -3.13. The van der Waals surface area contributed by atoms with Gasteiger partial charge in [-0.3, -0.25) is 5.10 Å². The number of piperidine rings is 1. The third kappa shape index (κ3) is 3.51. The largest absolute Gasteiger partial charge is 0.508 e. The molecule has 1 atom stereocenters. The summed E-state index contributed by atoms with van der Waals surface area (Å²) in [5.74, 6) is 0.579. The highest BCUT2D eigenvalue weighted by Gasteiger charge is 2.41. The molecule has 5 rings (SSSR count). The van der Waals surface area contributed by atoms with Crippen molar-refractivity contribution in [3.8, 4) is 22.8 Å². The fraction of sp³-hybridized carbons (Fsp3) is 0.381. The van der Waals surface area contributed by atoms with Crippen LogP contribution in [-0.2, 0) is 0 Å². The smallest absolute Gasteiger partial charge is 0.412 e. The zero-order valence-electron chi connectivity index (χ0n) is 15.9. The Balaban J connectivity index is 1.36. The number of phenols is 1. The van der Waals surface area contributed by atoms with Crippen LogP contribution in [0.15, 0.2) is 36.5 Å². The number of ether oxygens (including phenoxy) is 1. The molecular weight excluding hydrogens is 370 g/mol. The maximum atomic E-state index is 12.6. The van der Waals surface area contributed by atoms with Gasteiger partial charge in [0.25, 0.3) is 0 Å². The first-order valence-electron chi connectivity index (χ1n) is 9.97. The maximum Gasteiger partial charge on any atom is 0.412 e. The Morgan fingerprint density at radius 3 is 2.86 bits per heavy atom. The number of fused-ring (bicyclic) bond motifs is 1. The lowest BCUT2D eigenvalue weighted by molar-refractivity contribution is 0.117. The molecule has 150 valence electrons. The van der Waals surface area contributed by atoms with Crippen LogP contribution in [0.5, 0.6) is 11.5 Å². The summed E-state index contributed by atoms with van der Waals surface area (Å²) in [6.07, 6.45) is 6.58. The quantitative estimate of drug-likeness (QED) is 0.544. The number of hydrogen-bond acceptors (Lipinski definition) is 6. The average molecular weight is 393 g/mol. The number of amides is 1. The third-order valence-corrected chi connectivity index (χ3v) is 6.01. The molecule has 2 aromatic heterocycles. The highest BCUT2D eigenvalue weighted by molar-refractivity contribution is 5.87. The number of aromatic amines is 1. The van der Waals surface area contributed by atoms with Gasteiger partial charge >= 0.3 is 6.09 Å². The van der Waals surface area contributed by atoms with Gasteiger partial charge in [-0.1, -0.05) is 0 Å². The molecule has 29 heavy (non-hydrogen) atoms. The summed E-state index contributed by atoms with van der Waals surface area (Å²) >= 11 is 0. The average Bonchev–Trinajstić information content (AvgIpc) is 3.16. The van der Waals surface area contributed by atoms with Crippen molar-refractivity contribution < 1.29 is 14.6 Å². The van der Waals surface area contributed by atoms with E-state index in [9.17, 15) is 9.90 Å². The van der Waals surface area contributed by atoms with E-state index < -0.39 is 6.09 Å². The van der Waals surface area contributed by atoms with Crippen molar-refractivity contribution in [1.82, 2.24) is 25.8 Å². The fourth-order valence-corrected chi connectivity index (χ4v) is 4.33. The first-order valence-corrected chi connectivity index (χ1v) is 9.97. The Morgan fingerprint density at radius 2 is 2.10 bits per heavy atom. The van der Waals surface area contributed by atoms with Crippen LogP contribution >= 0.6 is 0 Å². The summed E-state index contributed by atoms with van der Waals surface area (Å²) in [6.45, 7) is 0.914. The molecule has 1 amide bonds. The molecule has 1 spiro atoms. The minimum Gasteiger partial charge on any atom is -0.508 e. The Kier molecular flexibility index (Phi) is 4.35. The van der Waals surface area contributed by atoms with E-state index in [-0.39, 0.29) is 17.3 Å². The predicted octanol–water partition coefficient (Wildman–Crippen LogP) is 3.09. The molecule has 0 radical (unpaired) electrons. The highest BCUT2D eigenvalue weighted by atomic mass is 16.6. The van der Waals surface area contributed by atoms with E-state index in [4.69, 9.17) is 4.74 Å². The fourth-order valence-electron chi connectivity index (χ4n) is 4.33. The number of carbonyl (C=O) groups excluding carboxylic acids is 1. The normalized spacial score (nSPS) is 20.3. The molecule has 1 aliphatic carbocycles. The zero-order chi connectivity index (χ0) is 19.8. The summed E-state index contributed by atoms with van der Waals surface area (Å²) in [5, 5.41) is 23.6. The minimum atomic E-state index is -0.461. The van der Waals surface area contributed by atoms with Gasteiger partial charge in [-0.25, -0.2) is 9.78 Å². The van der Waals surface area contributed by atoms with Crippen LogP contribution < -0.4 is 15.4 Å². The summed E-state index contributed by atoms with van der Waals surface area (Å²) in [5.41, 5.74) is 2.17. The number of H-pyrrole nitrogens is 1. The molecule has 1 saturated carbocycles. The van der Waals surface area contributed by atoms with Gasteiger partial charge in [-0.05, 0) is 62.9 Å².